The first kappa shape index (κ1) is 19.6. The second-order valence-electron chi connectivity index (χ2n) is 8.05. The van der Waals surface area contributed by atoms with E-state index < -0.39 is 0 Å². The zero-order valence-corrected chi connectivity index (χ0v) is 16.5. The van der Waals surface area contributed by atoms with Crippen LogP contribution in [0.2, 0.25) is 0 Å². The molecule has 1 saturated carbocycles. The fourth-order valence-electron chi connectivity index (χ4n) is 4.31. The van der Waals surface area contributed by atoms with E-state index >= 15 is 0 Å². The molecule has 1 aliphatic carbocycles. The molecule has 1 aliphatic heterocycles. The van der Waals surface area contributed by atoms with Crippen LogP contribution < -0.4 is 15.8 Å². The first-order valence-corrected chi connectivity index (χ1v) is 10.5. The molecular formula is C22H27FN4O2. The van der Waals surface area contributed by atoms with Crippen LogP contribution in [0.1, 0.15) is 55.8 Å². The molecule has 0 radical (unpaired) electrons. The molecule has 4 rings (SSSR count). The highest BCUT2D eigenvalue weighted by molar-refractivity contribution is 5.79. The van der Waals surface area contributed by atoms with Crippen LogP contribution in [0.5, 0.6) is 0 Å². The maximum atomic E-state index is 13.4. The Morgan fingerprint density at radius 2 is 1.86 bits per heavy atom. The Balaban J connectivity index is 1.58. The van der Waals surface area contributed by atoms with Crippen molar-refractivity contribution in [3.63, 3.8) is 0 Å². The topological polar surface area (TPSA) is 78.1 Å². The molecule has 0 unspecified atom stereocenters. The van der Waals surface area contributed by atoms with Gasteiger partial charge in [-0.15, -0.1) is 0 Å². The van der Waals surface area contributed by atoms with Gasteiger partial charge in [0, 0.05) is 31.5 Å². The first-order chi connectivity index (χ1) is 14.1. The Hall–Kier alpha value is -2.70. The summed E-state index contributed by atoms with van der Waals surface area (Å²) in [6.45, 7) is 1.76. The van der Waals surface area contributed by atoms with E-state index in [4.69, 9.17) is 0 Å². The summed E-state index contributed by atoms with van der Waals surface area (Å²) in [4.78, 5) is 34.5. The fourth-order valence-corrected chi connectivity index (χ4v) is 4.31. The van der Waals surface area contributed by atoms with Crippen LogP contribution in [-0.2, 0) is 11.2 Å². The summed E-state index contributed by atoms with van der Waals surface area (Å²) in [6.07, 6.45) is 6.53. The number of nitrogens with zero attached hydrogens (tertiary/aromatic N) is 2. The maximum absolute atomic E-state index is 13.4. The molecule has 1 amide bonds. The zero-order valence-electron chi connectivity index (χ0n) is 16.5. The van der Waals surface area contributed by atoms with Gasteiger partial charge in [-0.3, -0.25) is 14.6 Å². The molecule has 7 heteroatoms. The number of carbonyl (C=O) groups excluding carboxylic acids is 1. The second kappa shape index (κ2) is 8.76. The lowest BCUT2D eigenvalue weighted by Gasteiger charge is -2.22. The molecule has 29 heavy (non-hydrogen) atoms. The van der Waals surface area contributed by atoms with Gasteiger partial charge in [-0.25, -0.2) is 9.37 Å². The molecule has 1 saturated heterocycles. The van der Waals surface area contributed by atoms with Gasteiger partial charge in [0.15, 0.2) is 0 Å². The highest BCUT2D eigenvalue weighted by Gasteiger charge is 2.26. The first-order valence-electron chi connectivity index (χ1n) is 10.5. The van der Waals surface area contributed by atoms with Gasteiger partial charge >= 0.3 is 0 Å². The van der Waals surface area contributed by atoms with E-state index in [-0.39, 0.29) is 29.2 Å². The molecule has 0 spiro atoms. The standard InChI is InChI=1S/C22H27FN4O2/c23-17-9-7-15(8-10-17)19(25-21(29)16-5-1-2-6-16)13-18-14-20(28)26-22(24-18)27-11-3-4-12-27/h7-10,14,16,19H,1-6,11-13H2,(H,25,29)(H,24,26,28)/t19-/m1/s1. The van der Waals surface area contributed by atoms with Crippen molar-refractivity contribution in [2.24, 2.45) is 5.92 Å². The van der Waals surface area contributed by atoms with Gasteiger partial charge in [0.25, 0.3) is 5.56 Å². The normalized spacial score (nSPS) is 18.2. The number of amides is 1. The third-order valence-electron chi connectivity index (χ3n) is 5.92. The number of rotatable bonds is 6. The number of hydrogen-bond acceptors (Lipinski definition) is 4. The Kier molecular flexibility index (Phi) is 5.92. The van der Waals surface area contributed by atoms with E-state index in [1.165, 1.54) is 18.2 Å². The Labute approximate surface area is 169 Å². The highest BCUT2D eigenvalue weighted by atomic mass is 19.1. The van der Waals surface area contributed by atoms with Crippen molar-refractivity contribution in [2.45, 2.75) is 51.0 Å². The smallest absolute Gasteiger partial charge is 0.252 e. The SMILES string of the molecule is O=C(N[C@H](Cc1cc(=O)[nH]c(N2CCCC2)n1)c1ccc(F)cc1)C1CCCC1. The number of anilines is 1. The number of nitrogens with one attached hydrogen (secondary N) is 2. The van der Waals surface area contributed by atoms with Crippen molar-refractivity contribution in [3.8, 4) is 0 Å². The average molecular weight is 398 g/mol. The van der Waals surface area contributed by atoms with Crippen LogP contribution >= 0.6 is 0 Å². The minimum Gasteiger partial charge on any atom is -0.349 e. The van der Waals surface area contributed by atoms with E-state index in [0.717, 1.165) is 57.2 Å². The molecule has 154 valence electrons. The van der Waals surface area contributed by atoms with Crippen LogP contribution in [0.25, 0.3) is 0 Å². The third-order valence-corrected chi connectivity index (χ3v) is 5.92. The highest BCUT2D eigenvalue weighted by Crippen LogP contribution is 2.27. The summed E-state index contributed by atoms with van der Waals surface area (Å²) in [5.41, 5.74) is 1.23. The Morgan fingerprint density at radius 3 is 2.55 bits per heavy atom. The molecule has 6 nitrogen and oxygen atoms in total. The number of benzene rings is 1. The van der Waals surface area contributed by atoms with Gasteiger partial charge in [0.05, 0.1) is 11.7 Å². The number of aromatic nitrogens is 2. The van der Waals surface area contributed by atoms with Crippen LogP contribution in [0.3, 0.4) is 0 Å². The number of hydrogen-bond donors (Lipinski definition) is 2. The number of aromatic amines is 1. The van der Waals surface area contributed by atoms with Gasteiger partial charge in [0.2, 0.25) is 11.9 Å². The predicted octanol–water partition coefficient (Wildman–Crippen LogP) is 3.10. The Morgan fingerprint density at radius 1 is 1.17 bits per heavy atom. The van der Waals surface area contributed by atoms with Crippen LogP contribution in [0, 0.1) is 11.7 Å². The van der Waals surface area contributed by atoms with Crippen LogP contribution in [0.4, 0.5) is 10.3 Å². The molecule has 2 N–H and O–H groups in total. The quantitative estimate of drug-likeness (QED) is 0.784. The molecule has 1 aromatic carbocycles. The monoisotopic (exact) mass is 398 g/mol. The molecule has 1 atom stereocenters. The van der Waals surface area contributed by atoms with Crippen molar-refractivity contribution < 1.29 is 9.18 Å². The van der Waals surface area contributed by atoms with Crippen molar-refractivity contribution in [1.29, 1.82) is 0 Å². The minimum absolute atomic E-state index is 0.0291. The lowest BCUT2D eigenvalue weighted by molar-refractivity contribution is -0.125. The lowest BCUT2D eigenvalue weighted by atomic mass is 9.99. The van der Waals surface area contributed by atoms with E-state index in [0.29, 0.717) is 18.1 Å². The largest absolute Gasteiger partial charge is 0.349 e. The van der Waals surface area contributed by atoms with Crippen molar-refractivity contribution in [3.05, 3.63) is 57.8 Å². The van der Waals surface area contributed by atoms with Gasteiger partial charge in [-0.1, -0.05) is 25.0 Å². The number of H-pyrrole nitrogens is 1. The van der Waals surface area contributed by atoms with Crippen molar-refractivity contribution >= 4 is 11.9 Å². The maximum Gasteiger partial charge on any atom is 0.252 e. The number of carbonyl (C=O) groups is 1. The summed E-state index contributed by atoms with van der Waals surface area (Å²) in [5.74, 6) is 0.330. The van der Waals surface area contributed by atoms with Gasteiger partial charge in [0.1, 0.15) is 5.82 Å². The summed E-state index contributed by atoms with van der Waals surface area (Å²) in [7, 11) is 0. The van der Waals surface area contributed by atoms with Crippen molar-refractivity contribution in [1.82, 2.24) is 15.3 Å². The van der Waals surface area contributed by atoms with Crippen molar-refractivity contribution in [2.75, 3.05) is 18.0 Å². The Bertz CT molecular complexity index is 900. The fraction of sp³-hybridized carbons (Fsp3) is 0.500. The molecular weight excluding hydrogens is 371 g/mol. The molecule has 2 aromatic rings. The molecule has 1 aromatic heterocycles. The molecule has 2 heterocycles. The molecule has 0 bridgehead atoms. The van der Waals surface area contributed by atoms with E-state index in [1.54, 1.807) is 12.1 Å². The lowest BCUT2D eigenvalue weighted by Crippen LogP contribution is -2.34. The summed E-state index contributed by atoms with van der Waals surface area (Å²) >= 11 is 0. The number of halogens is 1. The summed E-state index contributed by atoms with van der Waals surface area (Å²) in [6, 6.07) is 7.28. The van der Waals surface area contributed by atoms with Crippen LogP contribution in [0.15, 0.2) is 35.1 Å². The van der Waals surface area contributed by atoms with E-state index in [9.17, 15) is 14.0 Å². The summed E-state index contributed by atoms with van der Waals surface area (Å²) < 4.78 is 13.4. The minimum atomic E-state index is -0.357. The predicted molar refractivity (Wildman–Crippen MR) is 109 cm³/mol. The van der Waals surface area contributed by atoms with E-state index in [1.807, 2.05) is 0 Å². The summed E-state index contributed by atoms with van der Waals surface area (Å²) in [5, 5.41) is 3.12. The van der Waals surface area contributed by atoms with Gasteiger partial charge in [-0.2, -0.15) is 0 Å². The second-order valence-corrected chi connectivity index (χ2v) is 8.05. The molecule has 2 fully saturated rings. The van der Waals surface area contributed by atoms with Crippen LogP contribution in [-0.4, -0.2) is 29.0 Å². The molecule has 2 aliphatic rings. The van der Waals surface area contributed by atoms with E-state index in [2.05, 4.69) is 20.2 Å². The average Bonchev–Trinajstić information content (AvgIpc) is 3.42. The van der Waals surface area contributed by atoms with Gasteiger partial charge in [-0.05, 0) is 43.4 Å². The third kappa shape index (κ3) is 4.83. The zero-order chi connectivity index (χ0) is 20.2. The van der Waals surface area contributed by atoms with Gasteiger partial charge < -0.3 is 10.2 Å².